The van der Waals surface area contributed by atoms with Gasteiger partial charge in [0, 0.05) is 12.5 Å². The third kappa shape index (κ3) is 2.13. The van der Waals surface area contributed by atoms with E-state index in [0.717, 1.165) is 11.4 Å². The van der Waals surface area contributed by atoms with Crippen LogP contribution in [0.4, 0.5) is 0 Å². The Labute approximate surface area is 84.7 Å². The summed E-state index contributed by atoms with van der Waals surface area (Å²) in [6.45, 7) is 6.25. The van der Waals surface area contributed by atoms with Crippen LogP contribution in [0, 0.1) is 0 Å². The smallest absolute Gasteiger partial charge is 0.0701 e. The summed E-state index contributed by atoms with van der Waals surface area (Å²) in [6, 6.07) is 1.62. The van der Waals surface area contributed by atoms with E-state index in [9.17, 15) is 0 Å². The van der Waals surface area contributed by atoms with Gasteiger partial charge in [0.2, 0.25) is 0 Å². The monoisotopic (exact) mass is 197 g/mol. The first-order chi connectivity index (χ1) is 6.36. The van der Waals surface area contributed by atoms with Gasteiger partial charge in [-0.25, -0.2) is 0 Å². The fraction of sp³-hybridized carbons (Fsp3) is 0.700. The normalized spacial score (nSPS) is 14.4. The molecule has 14 heavy (non-hydrogen) atoms. The molecule has 0 aliphatic heterocycles. The van der Waals surface area contributed by atoms with Crippen molar-refractivity contribution >= 4 is 0 Å². The molecule has 1 aromatic rings. The van der Waals surface area contributed by atoms with Crippen molar-refractivity contribution in [2.24, 2.45) is 12.8 Å². The van der Waals surface area contributed by atoms with Crippen molar-refractivity contribution in [2.45, 2.75) is 32.2 Å². The maximum atomic E-state index is 8.96. The number of aryl methyl sites for hydroxylation is 1. The summed E-state index contributed by atoms with van der Waals surface area (Å²) in [5.41, 5.74) is 7.63. The molecule has 0 radical (unpaired) electrons. The Bertz CT molecular complexity index is 312. The van der Waals surface area contributed by atoms with Gasteiger partial charge in [0.1, 0.15) is 0 Å². The van der Waals surface area contributed by atoms with E-state index in [-0.39, 0.29) is 18.1 Å². The Hall–Kier alpha value is -0.870. The Morgan fingerprint density at radius 2 is 2.14 bits per heavy atom. The largest absolute Gasteiger partial charge is 0.394 e. The second-order valence-corrected chi connectivity index (χ2v) is 4.62. The summed E-state index contributed by atoms with van der Waals surface area (Å²) >= 11 is 0. The first-order valence-electron chi connectivity index (χ1n) is 4.77. The second kappa shape index (κ2) is 3.71. The molecule has 0 amide bonds. The molecule has 1 rings (SSSR count). The molecule has 0 aromatic carbocycles. The molecule has 4 heteroatoms. The van der Waals surface area contributed by atoms with Crippen LogP contribution in [0.3, 0.4) is 0 Å². The zero-order chi connectivity index (χ0) is 10.9. The average Bonchev–Trinajstić information content (AvgIpc) is 2.45. The molecule has 0 aliphatic rings. The highest BCUT2D eigenvalue weighted by molar-refractivity contribution is 5.19. The van der Waals surface area contributed by atoms with Crippen molar-refractivity contribution in [3.63, 3.8) is 0 Å². The number of aromatic nitrogens is 2. The maximum Gasteiger partial charge on any atom is 0.0701 e. The third-order valence-electron chi connectivity index (χ3n) is 2.26. The van der Waals surface area contributed by atoms with Crippen molar-refractivity contribution in [2.75, 3.05) is 6.61 Å². The zero-order valence-electron chi connectivity index (χ0n) is 9.28. The van der Waals surface area contributed by atoms with Crippen molar-refractivity contribution < 1.29 is 5.11 Å². The Morgan fingerprint density at radius 1 is 1.57 bits per heavy atom. The highest BCUT2D eigenvalue weighted by Crippen LogP contribution is 2.23. The summed E-state index contributed by atoms with van der Waals surface area (Å²) in [5.74, 6) is 0. The molecule has 80 valence electrons. The predicted molar refractivity (Wildman–Crippen MR) is 55.9 cm³/mol. The lowest BCUT2D eigenvalue weighted by molar-refractivity contribution is 0.263. The number of nitrogens with two attached hydrogens (primary N) is 1. The molecule has 1 atom stereocenters. The Balaban J connectivity index is 3.05. The van der Waals surface area contributed by atoms with E-state index in [2.05, 4.69) is 25.9 Å². The van der Waals surface area contributed by atoms with E-state index in [1.54, 1.807) is 4.68 Å². The molecule has 0 unspecified atom stereocenters. The maximum absolute atomic E-state index is 8.96. The van der Waals surface area contributed by atoms with Gasteiger partial charge in [0.15, 0.2) is 0 Å². The standard InChI is InChI=1S/C10H19N3O/c1-10(2,3)9-5-8(7(11)6-14)13(4)12-9/h5,7,14H,6,11H2,1-4H3/t7-/m1/s1. The molecule has 0 aliphatic carbocycles. The molecule has 3 N–H and O–H groups in total. The highest BCUT2D eigenvalue weighted by atomic mass is 16.3. The van der Waals surface area contributed by atoms with Gasteiger partial charge in [-0.15, -0.1) is 0 Å². The fourth-order valence-electron chi connectivity index (χ4n) is 1.29. The number of aliphatic hydroxyl groups excluding tert-OH is 1. The van der Waals surface area contributed by atoms with E-state index in [4.69, 9.17) is 10.8 Å². The molecule has 1 aromatic heterocycles. The van der Waals surface area contributed by atoms with Crippen molar-refractivity contribution in [3.8, 4) is 0 Å². The zero-order valence-corrected chi connectivity index (χ0v) is 9.28. The molecule has 0 saturated heterocycles. The van der Waals surface area contributed by atoms with E-state index in [0.29, 0.717) is 0 Å². The number of hydrogen-bond donors (Lipinski definition) is 2. The van der Waals surface area contributed by atoms with Gasteiger partial charge < -0.3 is 10.8 Å². The summed E-state index contributed by atoms with van der Waals surface area (Å²) in [7, 11) is 1.85. The number of aliphatic hydroxyl groups is 1. The van der Waals surface area contributed by atoms with Crippen molar-refractivity contribution in [1.82, 2.24) is 9.78 Å². The van der Waals surface area contributed by atoms with Gasteiger partial charge in [0.05, 0.1) is 24.0 Å². The Morgan fingerprint density at radius 3 is 2.50 bits per heavy atom. The lowest BCUT2D eigenvalue weighted by atomic mass is 9.92. The van der Waals surface area contributed by atoms with Crippen LogP contribution in [-0.4, -0.2) is 21.5 Å². The fourth-order valence-corrected chi connectivity index (χ4v) is 1.29. The molecule has 1 heterocycles. The first kappa shape index (κ1) is 11.2. The third-order valence-corrected chi connectivity index (χ3v) is 2.26. The molecule has 0 bridgehead atoms. The molecule has 4 nitrogen and oxygen atoms in total. The van der Waals surface area contributed by atoms with Crippen LogP contribution in [0.15, 0.2) is 6.07 Å². The van der Waals surface area contributed by atoms with Crippen LogP contribution in [0.25, 0.3) is 0 Å². The van der Waals surface area contributed by atoms with Crippen LogP contribution in [0.5, 0.6) is 0 Å². The van der Waals surface area contributed by atoms with Gasteiger partial charge in [-0.2, -0.15) is 5.10 Å². The van der Waals surface area contributed by atoms with E-state index < -0.39 is 0 Å². The van der Waals surface area contributed by atoms with Crippen molar-refractivity contribution in [1.29, 1.82) is 0 Å². The minimum atomic E-state index is -0.344. The number of rotatable bonds is 2. The van der Waals surface area contributed by atoms with Gasteiger partial charge >= 0.3 is 0 Å². The minimum Gasteiger partial charge on any atom is -0.394 e. The van der Waals surface area contributed by atoms with Crippen LogP contribution < -0.4 is 5.73 Å². The lowest BCUT2D eigenvalue weighted by Crippen LogP contribution is -2.17. The van der Waals surface area contributed by atoms with Gasteiger partial charge in [-0.3, -0.25) is 4.68 Å². The van der Waals surface area contributed by atoms with Gasteiger partial charge in [-0.05, 0) is 6.07 Å². The van der Waals surface area contributed by atoms with E-state index >= 15 is 0 Å². The van der Waals surface area contributed by atoms with Gasteiger partial charge in [-0.1, -0.05) is 20.8 Å². The molecular weight excluding hydrogens is 178 g/mol. The SMILES string of the molecule is Cn1nc(C(C)(C)C)cc1[C@H](N)CO. The van der Waals surface area contributed by atoms with Crippen molar-refractivity contribution in [3.05, 3.63) is 17.5 Å². The second-order valence-electron chi connectivity index (χ2n) is 4.62. The number of hydrogen-bond acceptors (Lipinski definition) is 3. The molecule has 0 spiro atoms. The summed E-state index contributed by atoms with van der Waals surface area (Å²) in [6.07, 6.45) is 0. The topological polar surface area (TPSA) is 64.1 Å². The van der Waals surface area contributed by atoms with E-state index in [1.807, 2.05) is 13.1 Å². The van der Waals surface area contributed by atoms with E-state index in [1.165, 1.54) is 0 Å². The first-order valence-corrected chi connectivity index (χ1v) is 4.77. The molecule has 0 saturated carbocycles. The van der Waals surface area contributed by atoms with Gasteiger partial charge in [0.25, 0.3) is 0 Å². The van der Waals surface area contributed by atoms with Crippen LogP contribution in [0.1, 0.15) is 38.2 Å². The average molecular weight is 197 g/mol. The summed E-state index contributed by atoms with van der Waals surface area (Å²) in [4.78, 5) is 0. The lowest BCUT2D eigenvalue weighted by Gasteiger charge is -2.13. The molecular formula is C10H19N3O. The Kier molecular flexibility index (Phi) is 2.97. The summed E-state index contributed by atoms with van der Waals surface area (Å²) < 4.78 is 1.74. The highest BCUT2D eigenvalue weighted by Gasteiger charge is 2.20. The number of nitrogens with zero attached hydrogens (tertiary/aromatic N) is 2. The van der Waals surface area contributed by atoms with Crippen LogP contribution in [-0.2, 0) is 12.5 Å². The molecule has 0 fully saturated rings. The minimum absolute atomic E-state index is 0.0190. The predicted octanol–water partition coefficient (Wildman–Crippen LogP) is 0.710. The van der Waals surface area contributed by atoms with Crippen LogP contribution >= 0.6 is 0 Å². The van der Waals surface area contributed by atoms with Crippen LogP contribution in [0.2, 0.25) is 0 Å². The summed E-state index contributed by atoms with van der Waals surface area (Å²) in [5, 5.41) is 13.3. The quantitative estimate of drug-likeness (QED) is 0.734.